The van der Waals surface area contributed by atoms with Crippen molar-refractivity contribution in [3.05, 3.63) is 55.6 Å². The molecule has 1 rings (SSSR count). The number of benzene rings is 1. The van der Waals surface area contributed by atoms with Gasteiger partial charge in [0.05, 0.1) is 6.61 Å². The number of rotatable bonds is 9. The molecule has 0 unspecified atom stereocenters. The number of hydrogen-bond donors (Lipinski definition) is 0. The Morgan fingerprint density at radius 3 is 2.22 bits per heavy atom. The van der Waals surface area contributed by atoms with Gasteiger partial charge in [0.25, 0.3) is 0 Å². The second-order valence-electron chi connectivity index (χ2n) is 4.22. The third-order valence-electron chi connectivity index (χ3n) is 2.68. The zero-order valence-electron chi connectivity index (χ0n) is 11.1. The van der Waals surface area contributed by atoms with E-state index in [0.717, 1.165) is 18.6 Å². The van der Waals surface area contributed by atoms with Crippen molar-refractivity contribution in [1.29, 1.82) is 0 Å². The van der Waals surface area contributed by atoms with E-state index in [1.807, 2.05) is 49.4 Å². The van der Waals surface area contributed by atoms with E-state index in [2.05, 4.69) is 13.2 Å². The van der Waals surface area contributed by atoms with Crippen LogP contribution in [0.2, 0.25) is 0 Å². The lowest BCUT2D eigenvalue weighted by Gasteiger charge is -2.32. The SMILES string of the molecule is C=CCC(CC=C)(COCC)Oc1ccccc1. The molecule has 0 N–H and O–H groups in total. The Labute approximate surface area is 110 Å². The van der Waals surface area contributed by atoms with Crippen LogP contribution < -0.4 is 4.74 Å². The van der Waals surface area contributed by atoms with Crippen LogP contribution in [0.25, 0.3) is 0 Å². The highest BCUT2D eigenvalue weighted by atomic mass is 16.5. The highest BCUT2D eigenvalue weighted by molar-refractivity contribution is 5.22. The van der Waals surface area contributed by atoms with Crippen LogP contribution in [0.3, 0.4) is 0 Å². The normalized spacial score (nSPS) is 10.9. The second kappa shape index (κ2) is 7.72. The van der Waals surface area contributed by atoms with Gasteiger partial charge >= 0.3 is 0 Å². The fourth-order valence-electron chi connectivity index (χ4n) is 1.87. The molecule has 0 aliphatic rings. The van der Waals surface area contributed by atoms with Crippen LogP contribution in [-0.4, -0.2) is 18.8 Å². The minimum absolute atomic E-state index is 0.402. The monoisotopic (exact) mass is 246 g/mol. The van der Waals surface area contributed by atoms with Crippen LogP contribution in [0, 0.1) is 0 Å². The van der Waals surface area contributed by atoms with E-state index in [1.54, 1.807) is 0 Å². The predicted octanol–water partition coefficient (Wildman–Crippen LogP) is 3.99. The van der Waals surface area contributed by atoms with Crippen LogP contribution in [0.4, 0.5) is 0 Å². The topological polar surface area (TPSA) is 18.5 Å². The zero-order chi connectivity index (χ0) is 13.3. The molecule has 0 heterocycles. The molecule has 0 saturated heterocycles. The molecule has 1 aromatic rings. The Bertz CT molecular complexity index is 347. The van der Waals surface area contributed by atoms with Crippen molar-refractivity contribution in [1.82, 2.24) is 0 Å². The first-order chi connectivity index (χ1) is 8.76. The first kappa shape index (κ1) is 14.5. The summed E-state index contributed by atoms with van der Waals surface area (Å²) in [6.07, 6.45) is 5.19. The lowest BCUT2D eigenvalue weighted by molar-refractivity contribution is -0.0201. The van der Waals surface area contributed by atoms with E-state index in [4.69, 9.17) is 9.47 Å². The summed E-state index contributed by atoms with van der Waals surface area (Å²) in [5, 5.41) is 0. The molecule has 18 heavy (non-hydrogen) atoms. The standard InChI is InChI=1S/C16H22O2/c1-4-12-16(13-5-2,14-17-6-3)18-15-10-8-7-9-11-15/h4-5,7-11H,1-2,6,12-14H2,3H3. The minimum Gasteiger partial charge on any atom is -0.484 e. The summed E-state index contributed by atoms with van der Waals surface area (Å²) >= 11 is 0. The van der Waals surface area contributed by atoms with Crippen molar-refractivity contribution in [2.75, 3.05) is 13.2 Å². The molecular weight excluding hydrogens is 224 g/mol. The molecule has 2 nitrogen and oxygen atoms in total. The van der Waals surface area contributed by atoms with Crippen LogP contribution in [0.15, 0.2) is 55.6 Å². The lowest BCUT2D eigenvalue weighted by Crippen LogP contribution is -2.40. The van der Waals surface area contributed by atoms with Gasteiger partial charge in [0, 0.05) is 19.4 Å². The fourth-order valence-corrected chi connectivity index (χ4v) is 1.87. The minimum atomic E-state index is -0.402. The summed E-state index contributed by atoms with van der Waals surface area (Å²) in [5.41, 5.74) is -0.402. The summed E-state index contributed by atoms with van der Waals surface area (Å²) in [5.74, 6) is 0.848. The van der Waals surface area contributed by atoms with Crippen molar-refractivity contribution in [3.63, 3.8) is 0 Å². The zero-order valence-corrected chi connectivity index (χ0v) is 11.1. The van der Waals surface area contributed by atoms with Crippen molar-refractivity contribution in [3.8, 4) is 5.75 Å². The number of hydrogen-bond acceptors (Lipinski definition) is 2. The van der Waals surface area contributed by atoms with Crippen LogP contribution >= 0.6 is 0 Å². The number of para-hydroxylation sites is 1. The Morgan fingerprint density at radius 1 is 1.11 bits per heavy atom. The smallest absolute Gasteiger partial charge is 0.139 e. The Kier molecular flexibility index (Phi) is 6.23. The highest BCUT2D eigenvalue weighted by Gasteiger charge is 2.30. The first-order valence-electron chi connectivity index (χ1n) is 6.30. The van der Waals surface area contributed by atoms with E-state index in [9.17, 15) is 0 Å². The average molecular weight is 246 g/mol. The molecule has 2 heteroatoms. The molecule has 0 amide bonds. The average Bonchev–Trinajstić information content (AvgIpc) is 2.38. The Hall–Kier alpha value is -1.54. The number of ether oxygens (including phenoxy) is 2. The second-order valence-corrected chi connectivity index (χ2v) is 4.22. The molecule has 0 fully saturated rings. The van der Waals surface area contributed by atoms with E-state index < -0.39 is 5.60 Å². The molecule has 0 aromatic heterocycles. The quantitative estimate of drug-likeness (QED) is 0.613. The largest absolute Gasteiger partial charge is 0.484 e. The van der Waals surface area contributed by atoms with Gasteiger partial charge in [0.1, 0.15) is 11.4 Å². The van der Waals surface area contributed by atoms with E-state index >= 15 is 0 Å². The fraction of sp³-hybridized carbons (Fsp3) is 0.375. The first-order valence-corrected chi connectivity index (χ1v) is 6.30. The molecule has 98 valence electrons. The molecule has 0 aliphatic heterocycles. The van der Waals surface area contributed by atoms with Crippen molar-refractivity contribution in [2.45, 2.75) is 25.4 Å². The molecule has 0 bridgehead atoms. The summed E-state index contributed by atoms with van der Waals surface area (Å²) in [4.78, 5) is 0. The van der Waals surface area contributed by atoms with Gasteiger partial charge in [-0.05, 0) is 19.1 Å². The van der Waals surface area contributed by atoms with Crippen molar-refractivity contribution >= 4 is 0 Å². The van der Waals surface area contributed by atoms with Crippen LogP contribution in [0.5, 0.6) is 5.75 Å². The third kappa shape index (κ3) is 4.38. The predicted molar refractivity (Wildman–Crippen MR) is 75.9 cm³/mol. The molecular formula is C16H22O2. The van der Waals surface area contributed by atoms with Gasteiger partial charge < -0.3 is 9.47 Å². The van der Waals surface area contributed by atoms with Gasteiger partial charge in [-0.3, -0.25) is 0 Å². The Balaban J connectivity index is 2.85. The molecule has 0 spiro atoms. The van der Waals surface area contributed by atoms with Gasteiger partial charge in [-0.15, -0.1) is 13.2 Å². The molecule has 0 radical (unpaired) electrons. The van der Waals surface area contributed by atoms with Crippen LogP contribution in [-0.2, 0) is 4.74 Å². The third-order valence-corrected chi connectivity index (χ3v) is 2.68. The van der Waals surface area contributed by atoms with E-state index in [0.29, 0.717) is 13.2 Å². The van der Waals surface area contributed by atoms with Gasteiger partial charge in [0.15, 0.2) is 0 Å². The lowest BCUT2D eigenvalue weighted by atomic mass is 9.96. The van der Waals surface area contributed by atoms with Gasteiger partial charge in [-0.2, -0.15) is 0 Å². The van der Waals surface area contributed by atoms with Gasteiger partial charge in [-0.25, -0.2) is 0 Å². The maximum Gasteiger partial charge on any atom is 0.139 e. The Morgan fingerprint density at radius 2 is 1.72 bits per heavy atom. The molecule has 1 aromatic carbocycles. The molecule has 0 aliphatic carbocycles. The summed E-state index contributed by atoms with van der Waals surface area (Å²) in [6, 6.07) is 9.79. The maximum atomic E-state index is 6.12. The summed E-state index contributed by atoms with van der Waals surface area (Å²) < 4.78 is 11.7. The van der Waals surface area contributed by atoms with Crippen LogP contribution in [0.1, 0.15) is 19.8 Å². The van der Waals surface area contributed by atoms with E-state index in [1.165, 1.54) is 0 Å². The van der Waals surface area contributed by atoms with E-state index in [-0.39, 0.29) is 0 Å². The molecule has 0 saturated carbocycles. The van der Waals surface area contributed by atoms with Gasteiger partial charge in [-0.1, -0.05) is 30.4 Å². The summed E-state index contributed by atoms with van der Waals surface area (Å²) in [6.45, 7) is 10.8. The highest BCUT2D eigenvalue weighted by Crippen LogP contribution is 2.26. The maximum absolute atomic E-state index is 6.12. The van der Waals surface area contributed by atoms with Crippen molar-refractivity contribution < 1.29 is 9.47 Å². The van der Waals surface area contributed by atoms with Crippen molar-refractivity contribution in [2.24, 2.45) is 0 Å². The summed E-state index contributed by atoms with van der Waals surface area (Å²) in [7, 11) is 0. The van der Waals surface area contributed by atoms with Gasteiger partial charge in [0.2, 0.25) is 0 Å². The molecule has 0 atom stereocenters.